The van der Waals surface area contributed by atoms with Gasteiger partial charge in [0.05, 0.1) is 0 Å². The predicted molar refractivity (Wildman–Crippen MR) is 89.5 cm³/mol. The lowest BCUT2D eigenvalue weighted by Gasteiger charge is -2.08. The molecule has 0 atom stereocenters. The number of benzene rings is 2. The third kappa shape index (κ3) is 3.84. The summed E-state index contributed by atoms with van der Waals surface area (Å²) in [5.41, 5.74) is 8.54. The number of halogens is 2. The Bertz CT molecular complexity index is 609. The summed E-state index contributed by atoms with van der Waals surface area (Å²) in [4.78, 5) is 12.3. The second kappa shape index (κ2) is 7.46. The largest absolute Gasteiger partial charge is 0.398 e. The second-order valence-corrected chi connectivity index (χ2v) is 5.32. The van der Waals surface area contributed by atoms with Crippen molar-refractivity contribution in [3.8, 4) is 0 Å². The fraction of sp³-hybridized carbons (Fsp3) is 0.188. The number of hydrogen-bond acceptors (Lipinski definition) is 2. The van der Waals surface area contributed by atoms with Crippen molar-refractivity contribution in [2.24, 2.45) is 0 Å². The Morgan fingerprint density at radius 3 is 2.25 bits per heavy atom. The minimum Gasteiger partial charge on any atom is -0.398 e. The summed E-state index contributed by atoms with van der Waals surface area (Å²) in [6, 6.07) is 10.4. The molecule has 0 aliphatic carbocycles. The van der Waals surface area contributed by atoms with Crippen molar-refractivity contribution < 1.29 is 4.79 Å². The number of anilines is 1. The van der Waals surface area contributed by atoms with Crippen molar-refractivity contribution in [2.75, 3.05) is 5.73 Å². The van der Waals surface area contributed by atoms with Crippen LogP contribution in [0, 0.1) is 6.92 Å². The Labute approximate surface area is 133 Å². The van der Waals surface area contributed by atoms with E-state index in [2.05, 4.69) is 15.9 Å². The summed E-state index contributed by atoms with van der Waals surface area (Å²) < 4.78 is 0.700. The van der Waals surface area contributed by atoms with Crippen LogP contribution in [0.1, 0.15) is 35.3 Å². The van der Waals surface area contributed by atoms with Gasteiger partial charge < -0.3 is 5.73 Å². The lowest BCUT2D eigenvalue weighted by atomic mass is 10.0. The molecule has 0 saturated carbocycles. The molecule has 2 aromatic rings. The molecule has 0 amide bonds. The first-order valence-electron chi connectivity index (χ1n) is 6.35. The molecule has 0 fully saturated rings. The Hall–Kier alpha value is -1.32. The summed E-state index contributed by atoms with van der Waals surface area (Å²) in [7, 11) is 0. The number of carbonyl (C=O) groups excluding carboxylic acids is 1. The number of nitrogens with two attached hydrogens (primary N) is 1. The van der Waals surface area contributed by atoms with Crippen molar-refractivity contribution in [2.45, 2.75) is 20.8 Å². The van der Waals surface area contributed by atoms with E-state index in [-0.39, 0.29) is 5.78 Å². The number of nitrogen functional groups attached to an aromatic ring is 1. The summed E-state index contributed by atoms with van der Waals surface area (Å²) in [5, 5.41) is 0.610. The molecule has 0 heterocycles. The molecule has 2 N–H and O–H groups in total. The average Bonchev–Trinajstić information content (AvgIpc) is 2.45. The molecule has 2 nitrogen and oxygen atoms in total. The Morgan fingerprint density at radius 2 is 1.70 bits per heavy atom. The van der Waals surface area contributed by atoms with Gasteiger partial charge in [-0.2, -0.15) is 0 Å². The number of hydrogen-bond donors (Lipinski definition) is 1. The van der Waals surface area contributed by atoms with Gasteiger partial charge in [-0.3, -0.25) is 4.79 Å². The van der Waals surface area contributed by atoms with Crippen LogP contribution >= 0.6 is 27.5 Å². The smallest absolute Gasteiger partial charge is 0.194 e. The Balaban J connectivity index is 0.000000956. The lowest BCUT2D eigenvalue weighted by molar-refractivity contribution is 0.103. The Kier molecular flexibility index (Phi) is 6.24. The molecule has 0 unspecified atom stereocenters. The molecule has 0 spiro atoms. The molecule has 0 saturated heterocycles. The number of carbonyl (C=O) groups is 1. The normalized spacial score (nSPS) is 9.65. The van der Waals surface area contributed by atoms with Crippen LogP contribution in [0.5, 0.6) is 0 Å². The minimum absolute atomic E-state index is 0.0540. The van der Waals surface area contributed by atoms with Gasteiger partial charge in [0, 0.05) is 26.3 Å². The zero-order valence-corrected chi connectivity index (χ0v) is 14.0. The van der Waals surface area contributed by atoms with Crippen LogP contribution in [0.2, 0.25) is 5.02 Å². The first-order valence-corrected chi connectivity index (χ1v) is 7.52. The molecule has 0 radical (unpaired) electrons. The van der Waals surface area contributed by atoms with E-state index in [4.69, 9.17) is 17.3 Å². The zero-order valence-electron chi connectivity index (χ0n) is 11.7. The van der Waals surface area contributed by atoms with E-state index in [0.717, 1.165) is 5.56 Å². The molecule has 0 aromatic heterocycles. The highest BCUT2D eigenvalue weighted by molar-refractivity contribution is 9.10. The molecule has 2 rings (SSSR count). The fourth-order valence-electron chi connectivity index (χ4n) is 1.63. The van der Waals surface area contributed by atoms with Crippen LogP contribution in [0.15, 0.2) is 40.9 Å². The summed E-state index contributed by atoms with van der Waals surface area (Å²) in [6.07, 6.45) is 0. The summed E-state index contributed by atoms with van der Waals surface area (Å²) in [5.74, 6) is -0.0540. The second-order valence-electron chi connectivity index (χ2n) is 4.02. The maximum Gasteiger partial charge on any atom is 0.194 e. The maximum absolute atomic E-state index is 12.3. The zero-order chi connectivity index (χ0) is 15.3. The van der Waals surface area contributed by atoms with E-state index in [1.807, 2.05) is 20.8 Å². The van der Waals surface area contributed by atoms with E-state index >= 15 is 0 Å². The van der Waals surface area contributed by atoms with E-state index < -0.39 is 0 Å². The van der Waals surface area contributed by atoms with Crippen molar-refractivity contribution >= 4 is 39.0 Å². The van der Waals surface area contributed by atoms with Gasteiger partial charge in [0.25, 0.3) is 0 Å². The highest BCUT2D eigenvalue weighted by Crippen LogP contribution is 2.26. The van der Waals surface area contributed by atoms with Gasteiger partial charge in [-0.25, -0.2) is 0 Å². The highest BCUT2D eigenvalue weighted by Gasteiger charge is 2.14. The van der Waals surface area contributed by atoms with E-state index in [1.54, 1.807) is 36.4 Å². The van der Waals surface area contributed by atoms with E-state index in [0.29, 0.717) is 26.3 Å². The maximum atomic E-state index is 12.3. The number of ketones is 1. The standard InChI is InChI=1S/C14H11BrClNO.C2H6/c1-8-6-11(12(15)7-13(8)17)14(18)9-2-4-10(16)5-3-9;1-2/h2-7H,17H2,1H3;1-2H3. The SMILES string of the molecule is CC.Cc1cc(C(=O)c2ccc(Cl)cc2)c(Br)cc1N. The minimum atomic E-state index is -0.0540. The molecule has 2 aromatic carbocycles. The monoisotopic (exact) mass is 353 g/mol. The van der Waals surface area contributed by atoms with Crippen LogP contribution in [0.3, 0.4) is 0 Å². The van der Waals surface area contributed by atoms with Gasteiger partial charge >= 0.3 is 0 Å². The fourth-order valence-corrected chi connectivity index (χ4v) is 2.29. The van der Waals surface area contributed by atoms with Crippen LogP contribution in [-0.4, -0.2) is 5.78 Å². The quantitative estimate of drug-likeness (QED) is 0.591. The Morgan fingerprint density at radius 1 is 1.15 bits per heavy atom. The average molecular weight is 355 g/mol. The molecule has 20 heavy (non-hydrogen) atoms. The lowest BCUT2D eigenvalue weighted by Crippen LogP contribution is -2.04. The predicted octanol–water partition coefficient (Wildman–Crippen LogP) is 5.25. The van der Waals surface area contributed by atoms with Crippen molar-refractivity contribution in [3.63, 3.8) is 0 Å². The molecule has 4 heteroatoms. The molecular weight excluding hydrogens is 338 g/mol. The van der Waals surface area contributed by atoms with Crippen LogP contribution < -0.4 is 5.73 Å². The van der Waals surface area contributed by atoms with Gasteiger partial charge in [0.2, 0.25) is 0 Å². The molecular formula is C16H17BrClNO. The molecule has 0 aliphatic rings. The molecule has 106 valence electrons. The van der Waals surface area contributed by atoms with Gasteiger partial charge in [-0.15, -0.1) is 0 Å². The van der Waals surface area contributed by atoms with Gasteiger partial charge in [0.1, 0.15) is 0 Å². The van der Waals surface area contributed by atoms with Crippen molar-refractivity contribution in [1.29, 1.82) is 0 Å². The number of rotatable bonds is 2. The van der Waals surface area contributed by atoms with Gasteiger partial charge in [-0.1, -0.05) is 25.4 Å². The molecule has 0 aliphatic heterocycles. The topological polar surface area (TPSA) is 43.1 Å². The van der Waals surface area contributed by atoms with Gasteiger partial charge in [0.15, 0.2) is 5.78 Å². The summed E-state index contributed by atoms with van der Waals surface area (Å²) in [6.45, 7) is 5.88. The van der Waals surface area contributed by atoms with Crippen molar-refractivity contribution in [1.82, 2.24) is 0 Å². The van der Waals surface area contributed by atoms with Crippen LogP contribution in [0.25, 0.3) is 0 Å². The molecule has 0 bridgehead atoms. The highest BCUT2D eigenvalue weighted by atomic mass is 79.9. The third-order valence-corrected chi connectivity index (χ3v) is 3.61. The number of aryl methyl sites for hydroxylation is 1. The van der Waals surface area contributed by atoms with E-state index in [1.165, 1.54) is 0 Å². The van der Waals surface area contributed by atoms with Crippen LogP contribution in [-0.2, 0) is 0 Å². The first-order chi connectivity index (χ1) is 9.49. The summed E-state index contributed by atoms with van der Waals surface area (Å²) >= 11 is 9.17. The van der Waals surface area contributed by atoms with Crippen LogP contribution in [0.4, 0.5) is 5.69 Å². The first kappa shape index (κ1) is 16.7. The third-order valence-electron chi connectivity index (χ3n) is 2.71. The van der Waals surface area contributed by atoms with Gasteiger partial charge in [-0.05, 0) is 64.8 Å². The van der Waals surface area contributed by atoms with E-state index in [9.17, 15) is 4.79 Å². The van der Waals surface area contributed by atoms with Crippen molar-refractivity contribution in [3.05, 3.63) is 62.6 Å².